The van der Waals surface area contributed by atoms with E-state index in [4.69, 9.17) is 5.26 Å². The molecule has 0 radical (unpaired) electrons. The van der Waals surface area contributed by atoms with Gasteiger partial charge in [0.2, 0.25) is 0 Å². The molecule has 2 rings (SSSR count). The summed E-state index contributed by atoms with van der Waals surface area (Å²) in [6, 6.07) is 9.68. The van der Waals surface area contributed by atoms with Crippen LogP contribution < -0.4 is 10.6 Å². The number of hydrogen-bond acceptors (Lipinski definition) is 5. The highest BCUT2D eigenvalue weighted by Gasteiger charge is 1.99. The van der Waals surface area contributed by atoms with Crippen molar-refractivity contribution >= 4 is 5.82 Å². The Bertz CT molecular complexity index is 604. The number of rotatable bonds is 7. The van der Waals surface area contributed by atoms with E-state index in [9.17, 15) is 0 Å². The van der Waals surface area contributed by atoms with Gasteiger partial charge in [-0.25, -0.2) is 4.98 Å². The molecular formula is C16H19N5. The summed E-state index contributed by atoms with van der Waals surface area (Å²) in [5, 5.41) is 15.5. The zero-order valence-electron chi connectivity index (χ0n) is 12.1. The molecule has 0 bridgehead atoms. The van der Waals surface area contributed by atoms with Crippen molar-refractivity contribution in [2.24, 2.45) is 0 Å². The Balaban J connectivity index is 1.66. The Labute approximate surface area is 125 Å². The third kappa shape index (κ3) is 5.21. The minimum atomic E-state index is 0.639. The van der Waals surface area contributed by atoms with E-state index in [0.29, 0.717) is 5.56 Å². The molecule has 0 fully saturated rings. The van der Waals surface area contributed by atoms with Crippen LogP contribution in [0.15, 0.2) is 36.7 Å². The van der Waals surface area contributed by atoms with Gasteiger partial charge in [0, 0.05) is 31.2 Å². The molecule has 0 aliphatic heterocycles. The Morgan fingerprint density at radius 2 is 2.19 bits per heavy atom. The second kappa shape index (κ2) is 7.98. The molecule has 0 unspecified atom stereocenters. The maximum absolute atomic E-state index is 8.92. The predicted octanol–water partition coefficient (Wildman–Crippen LogP) is 2.25. The lowest BCUT2D eigenvalue weighted by Gasteiger charge is -2.08. The number of pyridine rings is 2. The van der Waals surface area contributed by atoms with Crippen molar-refractivity contribution < 1.29 is 0 Å². The maximum Gasteiger partial charge on any atom is 0.127 e. The lowest BCUT2D eigenvalue weighted by Crippen LogP contribution is -2.18. The molecule has 2 aromatic rings. The summed E-state index contributed by atoms with van der Waals surface area (Å²) in [4.78, 5) is 8.43. The number of nitriles is 1. The molecule has 108 valence electrons. The summed E-state index contributed by atoms with van der Waals surface area (Å²) < 4.78 is 0. The third-order valence-electron chi connectivity index (χ3n) is 2.97. The highest BCUT2D eigenvalue weighted by molar-refractivity contribution is 5.44. The van der Waals surface area contributed by atoms with Crippen molar-refractivity contribution in [3.8, 4) is 6.07 Å². The van der Waals surface area contributed by atoms with Gasteiger partial charge in [0.25, 0.3) is 0 Å². The van der Waals surface area contributed by atoms with Crippen LogP contribution in [0.25, 0.3) is 0 Å². The second-order valence-corrected chi connectivity index (χ2v) is 4.81. The largest absolute Gasteiger partial charge is 0.370 e. The van der Waals surface area contributed by atoms with Gasteiger partial charge in [-0.2, -0.15) is 5.26 Å². The first kappa shape index (κ1) is 14.9. The van der Waals surface area contributed by atoms with E-state index in [2.05, 4.69) is 32.7 Å². The van der Waals surface area contributed by atoms with Crippen molar-refractivity contribution in [2.75, 3.05) is 18.4 Å². The van der Waals surface area contributed by atoms with E-state index in [1.165, 1.54) is 5.56 Å². The first-order valence-corrected chi connectivity index (χ1v) is 7.00. The Morgan fingerprint density at radius 1 is 1.29 bits per heavy atom. The lowest BCUT2D eigenvalue weighted by atomic mass is 10.2. The minimum absolute atomic E-state index is 0.639. The molecule has 0 spiro atoms. The average molecular weight is 281 g/mol. The van der Waals surface area contributed by atoms with Crippen LogP contribution in [0.4, 0.5) is 5.82 Å². The van der Waals surface area contributed by atoms with Crippen LogP contribution in [-0.4, -0.2) is 23.1 Å². The molecule has 2 aromatic heterocycles. The van der Waals surface area contributed by atoms with Gasteiger partial charge in [-0.3, -0.25) is 4.98 Å². The highest BCUT2D eigenvalue weighted by atomic mass is 15.0. The molecule has 0 aromatic carbocycles. The molecule has 0 saturated carbocycles. The van der Waals surface area contributed by atoms with Crippen LogP contribution in [0.3, 0.4) is 0 Å². The van der Waals surface area contributed by atoms with E-state index >= 15 is 0 Å². The number of aryl methyl sites for hydroxylation is 1. The Hall–Kier alpha value is -2.45. The first-order chi connectivity index (χ1) is 10.3. The Morgan fingerprint density at radius 3 is 2.95 bits per heavy atom. The van der Waals surface area contributed by atoms with Crippen molar-refractivity contribution in [3.63, 3.8) is 0 Å². The van der Waals surface area contributed by atoms with Crippen molar-refractivity contribution in [2.45, 2.75) is 19.9 Å². The number of nitrogens with zero attached hydrogens (tertiary/aromatic N) is 3. The topological polar surface area (TPSA) is 73.6 Å². The molecule has 0 amide bonds. The van der Waals surface area contributed by atoms with Gasteiger partial charge in [0.05, 0.1) is 11.6 Å². The highest BCUT2D eigenvalue weighted by Crippen LogP contribution is 2.08. The van der Waals surface area contributed by atoms with Crippen LogP contribution in [0, 0.1) is 18.3 Å². The standard InChI is InChI=1S/C16H19N5/c1-13-8-15(10-17)9-16(21-13)20-7-3-6-19-12-14-4-2-5-18-11-14/h2,4-5,8-9,11,19H,3,6-7,12H2,1H3,(H,20,21). The molecule has 2 heterocycles. The first-order valence-electron chi connectivity index (χ1n) is 7.00. The molecule has 5 nitrogen and oxygen atoms in total. The number of nitrogens with one attached hydrogen (secondary N) is 2. The predicted molar refractivity (Wildman–Crippen MR) is 82.7 cm³/mol. The fourth-order valence-electron chi connectivity index (χ4n) is 1.99. The molecule has 2 N–H and O–H groups in total. The SMILES string of the molecule is Cc1cc(C#N)cc(NCCCNCc2cccnc2)n1. The summed E-state index contributed by atoms with van der Waals surface area (Å²) >= 11 is 0. The van der Waals surface area contributed by atoms with Crippen molar-refractivity contribution in [1.29, 1.82) is 5.26 Å². The minimum Gasteiger partial charge on any atom is -0.370 e. The van der Waals surface area contributed by atoms with Crippen LogP contribution in [0.1, 0.15) is 23.2 Å². The molecule has 0 saturated heterocycles. The van der Waals surface area contributed by atoms with E-state index in [0.717, 1.165) is 37.6 Å². The summed E-state index contributed by atoms with van der Waals surface area (Å²) in [5.41, 5.74) is 2.68. The normalized spacial score (nSPS) is 10.1. The van der Waals surface area contributed by atoms with E-state index in [1.807, 2.05) is 19.2 Å². The molecule has 21 heavy (non-hydrogen) atoms. The van der Waals surface area contributed by atoms with Gasteiger partial charge in [0.1, 0.15) is 5.82 Å². The summed E-state index contributed by atoms with van der Waals surface area (Å²) in [6.07, 6.45) is 4.63. The summed E-state index contributed by atoms with van der Waals surface area (Å²) in [6.45, 7) is 4.46. The lowest BCUT2D eigenvalue weighted by molar-refractivity contribution is 0.661. The van der Waals surface area contributed by atoms with Crippen molar-refractivity contribution in [1.82, 2.24) is 15.3 Å². The maximum atomic E-state index is 8.92. The monoisotopic (exact) mass is 281 g/mol. The smallest absolute Gasteiger partial charge is 0.127 e. The molecule has 0 atom stereocenters. The molecule has 5 heteroatoms. The van der Waals surface area contributed by atoms with Crippen LogP contribution >= 0.6 is 0 Å². The average Bonchev–Trinajstić information content (AvgIpc) is 2.51. The molecule has 0 aliphatic carbocycles. The van der Waals surface area contributed by atoms with E-state index in [1.54, 1.807) is 18.3 Å². The fraction of sp³-hybridized carbons (Fsp3) is 0.312. The van der Waals surface area contributed by atoms with E-state index in [-0.39, 0.29) is 0 Å². The zero-order chi connectivity index (χ0) is 14.9. The second-order valence-electron chi connectivity index (χ2n) is 4.81. The molecule has 0 aliphatic rings. The summed E-state index contributed by atoms with van der Waals surface area (Å²) in [7, 11) is 0. The van der Waals surface area contributed by atoms with Gasteiger partial charge in [-0.1, -0.05) is 6.07 Å². The number of aromatic nitrogens is 2. The van der Waals surface area contributed by atoms with Crippen LogP contribution in [-0.2, 0) is 6.54 Å². The van der Waals surface area contributed by atoms with Gasteiger partial charge in [-0.15, -0.1) is 0 Å². The summed E-state index contributed by atoms with van der Waals surface area (Å²) in [5.74, 6) is 0.763. The quantitative estimate of drug-likeness (QED) is 0.761. The number of anilines is 1. The van der Waals surface area contributed by atoms with Gasteiger partial charge in [0.15, 0.2) is 0 Å². The van der Waals surface area contributed by atoms with E-state index < -0.39 is 0 Å². The Kier molecular flexibility index (Phi) is 5.68. The van der Waals surface area contributed by atoms with Gasteiger partial charge in [-0.05, 0) is 43.7 Å². The number of hydrogen-bond donors (Lipinski definition) is 2. The van der Waals surface area contributed by atoms with Crippen LogP contribution in [0.5, 0.6) is 0 Å². The van der Waals surface area contributed by atoms with Gasteiger partial charge >= 0.3 is 0 Å². The third-order valence-corrected chi connectivity index (χ3v) is 2.97. The molecular weight excluding hydrogens is 262 g/mol. The fourth-order valence-corrected chi connectivity index (χ4v) is 1.99. The van der Waals surface area contributed by atoms with Crippen molar-refractivity contribution in [3.05, 3.63) is 53.5 Å². The zero-order valence-corrected chi connectivity index (χ0v) is 12.1. The van der Waals surface area contributed by atoms with Gasteiger partial charge < -0.3 is 10.6 Å². The van der Waals surface area contributed by atoms with Crippen LogP contribution in [0.2, 0.25) is 0 Å².